The minimum atomic E-state index is -0.545. The monoisotopic (exact) mass is 361 g/mol. The number of carbonyl (C=O) groups excluding carboxylic acids is 3. The number of piperidine rings is 1. The van der Waals surface area contributed by atoms with Gasteiger partial charge in [0.05, 0.1) is 18.2 Å². The zero-order chi connectivity index (χ0) is 18.7. The Morgan fingerprint density at radius 3 is 3.00 bits per heavy atom. The predicted octanol–water partition coefficient (Wildman–Crippen LogP) is 2.21. The van der Waals surface area contributed by atoms with Crippen LogP contribution in [0.3, 0.4) is 0 Å². The number of rotatable bonds is 3. The van der Waals surface area contributed by atoms with Gasteiger partial charge in [0, 0.05) is 18.8 Å². The average Bonchev–Trinajstić information content (AvgIpc) is 2.63. The zero-order valence-electron chi connectivity index (χ0n) is 14.9. The SMILES string of the molecule is CCOC(=O)[C@H]1CCCN(C(=O)Nc2ccc3c(c2)NC(=O)[C@@H](C)O3)C1. The molecule has 0 bridgehead atoms. The first kappa shape index (κ1) is 18.0. The van der Waals surface area contributed by atoms with Crippen LogP contribution in [0.4, 0.5) is 16.2 Å². The lowest BCUT2D eigenvalue weighted by atomic mass is 9.98. The van der Waals surface area contributed by atoms with E-state index in [1.807, 2.05) is 0 Å². The molecule has 8 nitrogen and oxygen atoms in total. The third-order valence-corrected chi connectivity index (χ3v) is 4.49. The van der Waals surface area contributed by atoms with Gasteiger partial charge in [-0.25, -0.2) is 4.79 Å². The maximum atomic E-state index is 12.5. The number of amides is 3. The van der Waals surface area contributed by atoms with Crippen LogP contribution in [0.2, 0.25) is 0 Å². The van der Waals surface area contributed by atoms with Gasteiger partial charge in [-0.05, 0) is 44.9 Å². The number of fused-ring (bicyclic) bond motifs is 1. The molecule has 2 atom stereocenters. The molecule has 0 spiro atoms. The molecule has 1 aromatic carbocycles. The van der Waals surface area contributed by atoms with E-state index in [4.69, 9.17) is 9.47 Å². The molecule has 8 heteroatoms. The van der Waals surface area contributed by atoms with Crippen LogP contribution in [0.25, 0.3) is 0 Å². The molecule has 1 aromatic rings. The number of likely N-dealkylation sites (tertiary alicyclic amines) is 1. The first-order valence-corrected chi connectivity index (χ1v) is 8.82. The van der Waals surface area contributed by atoms with Crippen LogP contribution >= 0.6 is 0 Å². The molecule has 0 saturated carbocycles. The summed E-state index contributed by atoms with van der Waals surface area (Å²) in [6.07, 6.45) is 0.933. The number of hydrogen-bond donors (Lipinski definition) is 2. The van der Waals surface area contributed by atoms with E-state index in [1.165, 1.54) is 0 Å². The van der Waals surface area contributed by atoms with E-state index >= 15 is 0 Å². The summed E-state index contributed by atoms with van der Waals surface area (Å²) < 4.78 is 10.6. The van der Waals surface area contributed by atoms with Gasteiger partial charge < -0.3 is 25.0 Å². The topological polar surface area (TPSA) is 97.0 Å². The fourth-order valence-electron chi connectivity index (χ4n) is 3.10. The van der Waals surface area contributed by atoms with Gasteiger partial charge >= 0.3 is 12.0 Å². The molecule has 0 unspecified atom stereocenters. The van der Waals surface area contributed by atoms with Crippen molar-refractivity contribution in [1.82, 2.24) is 4.90 Å². The largest absolute Gasteiger partial charge is 0.479 e. The molecule has 2 N–H and O–H groups in total. The highest BCUT2D eigenvalue weighted by Gasteiger charge is 2.30. The van der Waals surface area contributed by atoms with Gasteiger partial charge in [0.15, 0.2) is 6.10 Å². The lowest BCUT2D eigenvalue weighted by Crippen LogP contribution is -2.44. The van der Waals surface area contributed by atoms with Crippen LogP contribution in [0.1, 0.15) is 26.7 Å². The number of ether oxygens (including phenoxy) is 2. The van der Waals surface area contributed by atoms with Crippen molar-refractivity contribution in [3.8, 4) is 5.75 Å². The maximum Gasteiger partial charge on any atom is 0.321 e. The van der Waals surface area contributed by atoms with Crippen LogP contribution in [-0.2, 0) is 14.3 Å². The third kappa shape index (κ3) is 3.89. The summed E-state index contributed by atoms with van der Waals surface area (Å²) in [4.78, 5) is 37.8. The minimum absolute atomic E-state index is 0.228. The number of urea groups is 1. The van der Waals surface area contributed by atoms with Crippen molar-refractivity contribution >= 4 is 29.3 Å². The van der Waals surface area contributed by atoms with Crippen molar-refractivity contribution in [3.63, 3.8) is 0 Å². The molecule has 0 radical (unpaired) electrons. The van der Waals surface area contributed by atoms with Crippen molar-refractivity contribution in [2.24, 2.45) is 5.92 Å². The Hall–Kier alpha value is -2.77. The second-order valence-corrected chi connectivity index (χ2v) is 6.43. The number of carbonyl (C=O) groups is 3. The molecule has 3 rings (SSSR count). The van der Waals surface area contributed by atoms with Gasteiger partial charge in [-0.3, -0.25) is 9.59 Å². The lowest BCUT2D eigenvalue weighted by Gasteiger charge is -2.31. The fraction of sp³-hybridized carbons (Fsp3) is 0.500. The van der Waals surface area contributed by atoms with Crippen LogP contribution in [-0.4, -0.2) is 48.6 Å². The number of hydrogen-bond acceptors (Lipinski definition) is 5. The Morgan fingerprint density at radius 2 is 2.23 bits per heavy atom. The molecule has 2 aliphatic rings. The Bertz CT molecular complexity index is 721. The van der Waals surface area contributed by atoms with Crippen LogP contribution in [0.5, 0.6) is 5.75 Å². The van der Waals surface area contributed by atoms with E-state index in [0.717, 1.165) is 12.8 Å². The molecule has 140 valence electrons. The van der Waals surface area contributed by atoms with Gasteiger partial charge in [-0.2, -0.15) is 0 Å². The van der Waals surface area contributed by atoms with Crippen LogP contribution in [0, 0.1) is 5.92 Å². The molecule has 2 heterocycles. The van der Waals surface area contributed by atoms with Crippen LogP contribution in [0.15, 0.2) is 18.2 Å². The highest BCUT2D eigenvalue weighted by molar-refractivity contribution is 5.99. The second-order valence-electron chi connectivity index (χ2n) is 6.43. The van der Waals surface area contributed by atoms with Crippen LogP contribution < -0.4 is 15.4 Å². The van der Waals surface area contributed by atoms with E-state index in [9.17, 15) is 14.4 Å². The summed E-state index contributed by atoms with van der Waals surface area (Å²) in [5, 5.41) is 5.56. The summed E-state index contributed by atoms with van der Waals surface area (Å²) in [5.74, 6) is -0.204. The molecular formula is C18H23N3O5. The summed E-state index contributed by atoms with van der Waals surface area (Å²) in [7, 11) is 0. The molecule has 1 fully saturated rings. The summed E-state index contributed by atoms with van der Waals surface area (Å²) in [6.45, 7) is 4.70. The average molecular weight is 361 g/mol. The van der Waals surface area contributed by atoms with Crippen molar-refractivity contribution in [3.05, 3.63) is 18.2 Å². The van der Waals surface area contributed by atoms with Crippen molar-refractivity contribution in [2.45, 2.75) is 32.8 Å². The van der Waals surface area contributed by atoms with Gasteiger partial charge in [0.2, 0.25) is 0 Å². The van der Waals surface area contributed by atoms with Crippen molar-refractivity contribution < 1.29 is 23.9 Å². The van der Waals surface area contributed by atoms with E-state index in [0.29, 0.717) is 36.8 Å². The van der Waals surface area contributed by atoms with Gasteiger partial charge in [0.1, 0.15) is 5.75 Å². The van der Waals surface area contributed by atoms with E-state index < -0.39 is 6.10 Å². The first-order chi connectivity index (χ1) is 12.5. The van der Waals surface area contributed by atoms with E-state index in [2.05, 4.69) is 10.6 Å². The third-order valence-electron chi connectivity index (χ3n) is 4.49. The first-order valence-electron chi connectivity index (χ1n) is 8.82. The van der Waals surface area contributed by atoms with Crippen molar-refractivity contribution in [1.29, 1.82) is 0 Å². The quantitative estimate of drug-likeness (QED) is 0.805. The predicted molar refractivity (Wildman–Crippen MR) is 95.1 cm³/mol. The molecule has 2 aliphatic heterocycles. The van der Waals surface area contributed by atoms with E-state index in [-0.39, 0.29) is 23.8 Å². The molecule has 1 saturated heterocycles. The smallest absolute Gasteiger partial charge is 0.321 e. The number of anilines is 2. The van der Waals surface area contributed by atoms with Gasteiger partial charge in [-0.15, -0.1) is 0 Å². The zero-order valence-corrected chi connectivity index (χ0v) is 14.9. The number of benzene rings is 1. The molecular weight excluding hydrogens is 338 g/mol. The van der Waals surface area contributed by atoms with Gasteiger partial charge in [0.25, 0.3) is 5.91 Å². The van der Waals surface area contributed by atoms with Gasteiger partial charge in [-0.1, -0.05) is 0 Å². The standard InChI is InChI=1S/C18H23N3O5/c1-3-25-17(23)12-5-4-8-21(10-12)18(24)19-13-6-7-15-14(9-13)20-16(22)11(2)26-15/h6-7,9,11-12H,3-5,8,10H2,1-2H3,(H,19,24)(H,20,22)/t11-,12+/m1/s1. The minimum Gasteiger partial charge on any atom is -0.479 e. The van der Waals surface area contributed by atoms with E-state index in [1.54, 1.807) is 36.9 Å². The maximum absolute atomic E-state index is 12.5. The second kappa shape index (κ2) is 7.63. The number of nitrogens with one attached hydrogen (secondary N) is 2. The van der Waals surface area contributed by atoms with Crippen molar-refractivity contribution in [2.75, 3.05) is 30.3 Å². The Labute approximate surface area is 151 Å². The number of nitrogens with zero attached hydrogens (tertiary/aromatic N) is 1. The Morgan fingerprint density at radius 1 is 1.42 bits per heavy atom. The summed E-state index contributed by atoms with van der Waals surface area (Å²) in [5.41, 5.74) is 1.07. The molecule has 3 amide bonds. The lowest BCUT2D eigenvalue weighted by molar-refractivity contribution is -0.149. The number of esters is 1. The normalized spacial score (nSPS) is 21.9. The summed E-state index contributed by atoms with van der Waals surface area (Å²) in [6, 6.07) is 4.80. The Balaban J connectivity index is 1.64. The highest BCUT2D eigenvalue weighted by Crippen LogP contribution is 2.32. The molecule has 0 aliphatic carbocycles. The molecule has 0 aromatic heterocycles. The summed E-state index contributed by atoms with van der Waals surface area (Å²) >= 11 is 0. The molecule has 26 heavy (non-hydrogen) atoms. The highest BCUT2D eigenvalue weighted by atomic mass is 16.5. The Kier molecular flexibility index (Phi) is 5.29. The fourth-order valence-corrected chi connectivity index (χ4v) is 3.10.